The van der Waals surface area contributed by atoms with E-state index < -0.39 is 11.8 Å². The first-order valence-corrected chi connectivity index (χ1v) is 13.2. The smallest absolute Gasteiger partial charge is 0.329 e. The second-order valence-electron chi connectivity index (χ2n) is 8.38. The highest BCUT2D eigenvalue weighted by Gasteiger charge is 2.13. The molecule has 0 aliphatic heterocycles. The number of benzene rings is 3. The molecule has 0 unspecified atom stereocenters. The molecular weight excluding hydrogens is 604 g/mol. The van der Waals surface area contributed by atoms with Gasteiger partial charge in [-0.05, 0) is 66.9 Å². The van der Waals surface area contributed by atoms with Crippen molar-refractivity contribution in [2.75, 3.05) is 32.7 Å². The Bertz CT molecular complexity index is 1420. The van der Waals surface area contributed by atoms with Crippen LogP contribution in [0.1, 0.15) is 16.7 Å². The zero-order valence-electron chi connectivity index (χ0n) is 22.0. The van der Waals surface area contributed by atoms with Crippen molar-refractivity contribution >= 4 is 57.2 Å². The number of nitrogens with zero attached hydrogens (tertiary/aromatic N) is 1. The number of nitrogens with one attached hydrogen (secondary N) is 3. The number of carbonyl (C=O) groups excluding carboxylic acids is 3. The number of rotatable bonds is 11. The average molecular weight is 632 g/mol. The fourth-order valence-corrected chi connectivity index (χ4v) is 3.97. The van der Waals surface area contributed by atoms with E-state index in [9.17, 15) is 14.4 Å². The number of ether oxygens (including phenoxy) is 3. The van der Waals surface area contributed by atoms with E-state index in [1.165, 1.54) is 13.3 Å². The van der Waals surface area contributed by atoms with Crippen LogP contribution in [0.4, 0.5) is 5.69 Å². The van der Waals surface area contributed by atoms with Gasteiger partial charge in [-0.3, -0.25) is 14.4 Å². The summed E-state index contributed by atoms with van der Waals surface area (Å²) < 4.78 is 16.8. The maximum Gasteiger partial charge on any atom is 0.329 e. The normalized spacial score (nSPS) is 10.6. The number of hydrogen-bond acceptors (Lipinski definition) is 7. The van der Waals surface area contributed by atoms with Gasteiger partial charge >= 0.3 is 11.8 Å². The number of hydrogen-bond donors (Lipinski definition) is 3. The lowest BCUT2D eigenvalue weighted by molar-refractivity contribution is -0.139. The van der Waals surface area contributed by atoms with Gasteiger partial charge < -0.3 is 24.8 Å². The number of amides is 3. The topological polar surface area (TPSA) is 127 Å². The number of methoxy groups -OCH3 is 2. The number of halogens is 2. The Hall–Kier alpha value is -4.09. The van der Waals surface area contributed by atoms with Gasteiger partial charge in [-0.15, -0.1) is 0 Å². The van der Waals surface area contributed by atoms with Gasteiger partial charge in [0.05, 0.1) is 20.4 Å². The molecule has 3 aromatic carbocycles. The molecule has 0 bridgehead atoms. The van der Waals surface area contributed by atoms with Crippen molar-refractivity contribution in [2.45, 2.75) is 13.3 Å². The van der Waals surface area contributed by atoms with Crippen LogP contribution in [-0.2, 0) is 20.8 Å². The van der Waals surface area contributed by atoms with E-state index in [2.05, 4.69) is 37.1 Å². The van der Waals surface area contributed by atoms with Crippen molar-refractivity contribution in [3.63, 3.8) is 0 Å². The maximum absolute atomic E-state index is 12.3. The maximum atomic E-state index is 12.3. The Balaban J connectivity index is 1.50. The third-order valence-electron chi connectivity index (χ3n) is 5.51. The Labute approximate surface area is 245 Å². The molecule has 0 spiro atoms. The predicted octanol–water partition coefficient (Wildman–Crippen LogP) is 4.25. The largest absolute Gasteiger partial charge is 0.493 e. The molecule has 0 saturated carbocycles. The molecule has 3 rings (SSSR count). The van der Waals surface area contributed by atoms with E-state index in [0.29, 0.717) is 39.9 Å². The lowest BCUT2D eigenvalue weighted by atomic mass is 10.1. The third kappa shape index (κ3) is 8.99. The van der Waals surface area contributed by atoms with Gasteiger partial charge in [0.2, 0.25) is 0 Å². The fourth-order valence-electron chi connectivity index (χ4n) is 3.41. The highest BCUT2D eigenvalue weighted by Crippen LogP contribution is 2.27. The van der Waals surface area contributed by atoms with Gasteiger partial charge in [-0.25, -0.2) is 5.43 Å². The SMILES string of the molecule is COc1ccc(CCNC(=O)C(=O)N/N=C\c2cc(Br)ccc2OCC(=O)Nc2ccc(C)c(Cl)c2)cc1OC. The molecule has 0 saturated heterocycles. The molecule has 0 heterocycles. The molecule has 0 radical (unpaired) electrons. The van der Waals surface area contributed by atoms with Crippen LogP contribution in [0.25, 0.3) is 0 Å². The third-order valence-corrected chi connectivity index (χ3v) is 6.41. The molecule has 12 heteroatoms. The lowest BCUT2D eigenvalue weighted by Gasteiger charge is -2.11. The van der Waals surface area contributed by atoms with Crippen molar-refractivity contribution in [3.8, 4) is 17.2 Å². The highest BCUT2D eigenvalue weighted by atomic mass is 79.9. The fraction of sp³-hybridized carbons (Fsp3) is 0.214. The van der Waals surface area contributed by atoms with Crippen LogP contribution in [0.15, 0.2) is 64.2 Å². The summed E-state index contributed by atoms with van der Waals surface area (Å²) in [5.41, 5.74) is 5.00. The second kappa shape index (κ2) is 14.9. The zero-order chi connectivity index (χ0) is 29.1. The lowest BCUT2D eigenvalue weighted by Crippen LogP contribution is -2.38. The van der Waals surface area contributed by atoms with E-state index >= 15 is 0 Å². The Morgan fingerprint density at radius 3 is 2.42 bits per heavy atom. The van der Waals surface area contributed by atoms with Crippen molar-refractivity contribution in [2.24, 2.45) is 5.10 Å². The zero-order valence-corrected chi connectivity index (χ0v) is 24.4. The van der Waals surface area contributed by atoms with Crippen LogP contribution >= 0.6 is 27.5 Å². The van der Waals surface area contributed by atoms with Crippen LogP contribution in [-0.4, -0.2) is 51.3 Å². The van der Waals surface area contributed by atoms with Crippen LogP contribution in [0.2, 0.25) is 5.02 Å². The summed E-state index contributed by atoms with van der Waals surface area (Å²) >= 11 is 9.47. The minimum atomic E-state index is -0.933. The van der Waals surface area contributed by atoms with Gasteiger partial charge in [0, 0.05) is 27.3 Å². The minimum absolute atomic E-state index is 0.228. The molecule has 0 fully saturated rings. The number of anilines is 1. The summed E-state index contributed by atoms with van der Waals surface area (Å²) in [6, 6.07) is 15.7. The van der Waals surface area contributed by atoms with Crippen LogP contribution in [0.5, 0.6) is 17.2 Å². The van der Waals surface area contributed by atoms with E-state index in [1.807, 2.05) is 13.0 Å². The predicted molar refractivity (Wildman–Crippen MR) is 156 cm³/mol. The summed E-state index contributed by atoms with van der Waals surface area (Å²) in [7, 11) is 3.09. The van der Waals surface area contributed by atoms with E-state index in [1.54, 1.807) is 55.6 Å². The molecule has 0 aromatic heterocycles. The quantitative estimate of drug-likeness (QED) is 0.165. The first kappa shape index (κ1) is 30.5. The van der Waals surface area contributed by atoms with Gasteiger partial charge in [-0.2, -0.15) is 5.10 Å². The second-order valence-corrected chi connectivity index (χ2v) is 9.70. The average Bonchev–Trinajstić information content (AvgIpc) is 2.94. The molecule has 210 valence electrons. The molecule has 0 aliphatic carbocycles. The standard InChI is InChI=1S/C28H28BrClN4O6/c1-17-4-7-21(14-22(17)30)33-26(35)16-40-23-9-6-20(29)13-19(23)15-32-34-28(37)27(36)31-11-10-18-5-8-24(38-2)25(12-18)39-3/h4-9,12-15H,10-11,16H2,1-3H3,(H,31,36)(H,33,35)(H,34,37)/b32-15-. The summed E-state index contributed by atoms with van der Waals surface area (Å²) in [5, 5.41) is 9.65. The summed E-state index contributed by atoms with van der Waals surface area (Å²) in [6.07, 6.45) is 1.79. The molecule has 3 aromatic rings. The Morgan fingerprint density at radius 2 is 1.70 bits per heavy atom. The van der Waals surface area contributed by atoms with Crippen molar-refractivity contribution in [1.29, 1.82) is 0 Å². The van der Waals surface area contributed by atoms with Gasteiger partial charge in [0.15, 0.2) is 18.1 Å². The van der Waals surface area contributed by atoms with Crippen LogP contribution < -0.4 is 30.3 Å². The number of hydrazone groups is 1. The van der Waals surface area contributed by atoms with E-state index in [4.69, 9.17) is 25.8 Å². The van der Waals surface area contributed by atoms with Crippen molar-refractivity contribution < 1.29 is 28.6 Å². The van der Waals surface area contributed by atoms with Gasteiger partial charge in [0.25, 0.3) is 5.91 Å². The van der Waals surface area contributed by atoms with E-state index in [-0.39, 0.29) is 19.1 Å². The van der Waals surface area contributed by atoms with Crippen molar-refractivity contribution in [3.05, 3.63) is 80.8 Å². The first-order valence-electron chi connectivity index (χ1n) is 12.0. The minimum Gasteiger partial charge on any atom is -0.493 e. The van der Waals surface area contributed by atoms with Crippen molar-refractivity contribution in [1.82, 2.24) is 10.7 Å². The first-order chi connectivity index (χ1) is 19.2. The molecule has 0 atom stereocenters. The molecular formula is C28H28BrClN4O6. The molecule has 3 N–H and O–H groups in total. The monoisotopic (exact) mass is 630 g/mol. The van der Waals surface area contributed by atoms with Crippen LogP contribution in [0.3, 0.4) is 0 Å². The van der Waals surface area contributed by atoms with Gasteiger partial charge in [0.1, 0.15) is 5.75 Å². The number of carbonyl (C=O) groups is 3. The van der Waals surface area contributed by atoms with E-state index in [0.717, 1.165) is 15.6 Å². The molecule has 3 amide bonds. The Morgan fingerprint density at radius 1 is 0.950 bits per heavy atom. The van der Waals surface area contributed by atoms with Crippen LogP contribution in [0, 0.1) is 6.92 Å². The Kier molecular flexibility index (Phi) is 11.3. The number of aryl methyl sites for hydroxylation is 1. The summed E-state index contributed by atoms with van der Waals surface area (Å²) in [4.78, 5) is 36.7. The summed E-state index contributed by atoms with van der Waals surface area (Å²) in [5.74, 6) is -0.636. The molecule has 0 aliphatic rings. The summed E-state index contributed by atoms with van der Waals surface area (Å²) in [6.45, 7) is 1.82. The highest BCUT2D eigenvalue weighted by molar-refractivity contribution is 9.10. The van der Waals surface area contributed by atoms with Gasteiger partial charge in [-0.1, -0.05) is 39.7 Å². The molecule has 10 nitrogen and oxygen atoms in total. The molecule has 40 heavy (non-hydrogen) atoms.